The maximum Gasteiger partial charge on any atom is 0.271 e. The van der Waals surface area contributed by atoms with Crippen LogP contribution in [0.1, 0.15) is 12.8 Å². The van der Waals surface area contributed by atoms with Gasteiger partial charge in [-0.15, -0.1) is 0 Å². The normalized spacial score (nSPS) is 16.4. The van der Waals surface area contributed by atoms with Crippen molar-refractivity contribution in [3.63, 3.8) is 0 Å². The fourth-order valence-electron chi connectivity index (χ4n) is 3.18. The van der Waals surface area contributed by atoms with E-state index in [2.05, 4.69) is 17.6 Å². The van der Waals surface area contributed by atoms with Gasteiger partial charge < -0.3 is 4.90 Å². The molecule has 0 saturated carbocycles. The first kappa shape index (κ1) is 22.4. The number of piperidine rings is 1. The van der Waals surface area contributed by atoms with E-state index in [1.807, 2.05) is 0 Å². The van der Waals surface area contributed by atoms with Gasteiger partial charge in [-0.3, -0.25) is 19.2 Å². The SMILES string of the molecule is C[NH+]1CCC(=NNC(=O)CN(c2cccc([N+](=O)[O-])c2)S(=O)(=O)c2ccccc2)CC1. The van der Waals surface area contributed by atoms with E-state index in [0.717, 1.165) is 42.0 Å². The van der Waals surface area contributed by atoms with Crippen LogP contribution < -0.4 is 14.6 Å². The standard InChI is InChI=1S/C20H23N5O5S/c1-23-12-10-16(11-13-23)21-22-20(26)15-24(17-6-5-7-18(14-17)25(27)28)31(29,30)19-8-3-2-4-9-19/h2-9,14H,10-13,15H2,1H3,(H,22,26)/p+1. The Morgan fingerprint density at radius 3 is 2.48 bits per heavy atom. The molecule has 164 valence electrons. The quantitative estimate of drug-likeness (QED) is 0.475. The lowest BCUT2D eigenvalue weighted by molar-refractivity contribution is -0.880. The first-order valence-corrected chi connectivity index (χ1v) is 11.2. The number of hydrogen-bond donors (Lipinski definition) is 2. The van der Waals surface area contributed by atoms with Crippen LogP contribution in [0, 0.1) is 10.1 Å². The fraction of sp³-hybridized carbons (Fsp3) is 0.300. The third kappa shape index (κ3) is 5.64. The Kier molecular flexibility index (Phi) is 6.98. The number of rotatable bonds is 7. The molecular formula is C20H24N5O5S+. The van der Waals surface area contributed by atoms with E-state index in [1.165, 1.54) is 35.2 Å². The van der Waals surface area contributed by atoms with Gasteiger partial charge in [0.1, 0.15) is 6.54 Å². The summed E-state index contributed by atoms with van der Waals surface area (Å²) in [5.74, 6) is -0.634. The number of benzene rings is 2. The van der Waals surface area contributed by atoms with Crippen LogP contribution in [0.25, 0.3) is 0 Å². The number of nitro groups is 1. The lowest BCUT2D eigenvalue weighted by Gasteiger charge is -2.24. The van der Waals surface area contributed by atoms with Crippen molar-refractivity contribution in [3.8, 4) is 0 Å². The molecule has 1 amide bonds. The smallest absolute Gasteiger partial charge is 0.271 e. The molecule has 3 rings (SSSR count). The number of carbonyl (C=O) groups is 1. The van der Waals surface area contributed by atoms with Crippen molar-refractivity contribution < 1.29 is 23.0 Å². The summed E-state index contributed by atoms with van der Waals surface area (Å²) in [6, 6.07) is 12.8. The van der Waals surface area contributed by atoms with Gasteiger partial charge in [0.2, 0.25) is 0 Å². The highest BCUT2D eigenvalue weighted by atomic mass is 32.2. The summed E-state index contributed by atoms with van der Waals surface area (Å²) in [4.78, 5) is 24.5. The van der Waals surface area contributed by atoms with Gasteiger partial charge in [0.15, 0.2) is 0 Å². The molecule has 0 bridgehead atoms. The summed E-state index contributed by atoms with van der Waals surface area (Å²) in [5, 5.41) is 15.3. The summed E-state index contributed by atoms with van der Waals surface area (Å²) in [5.41, 5.74) is 3.02. The minimum atomic E-state index is -4.14. The third-order valence-electron chi connectivity index (χ3n) is 4.97. The molecule has 2 N–H and O–H groups in total. The highest BCUT2D eigenvalue weighted by molar-refractivity contribution is 7.92. The first-order valence-electron chi connectivity index (χ1n) is 9.75. The van der Waals surface area contributed by atoms with Gasteiger partial charge in [-0.2, -0.15) is 5.10 Å². The number of nitrogens with zero attached hydrogens (tertiary/aromatic N) is 3. The van der Waals surface area contributed by atoms with E-state index in [9.17, 15) is 23.3 Å². The zero-order chi connectivity index (χ0) is 22.4. The average molecular weight is 447 g/mol. The lowest BCUT2D eigenvalue weighted by atomic mass is 10.1. The number of non-ortho nitro benzene ring substituents is 1. The van der Waals surface area contributed by atoms with Crippen molar-refractivity contribution in [2.75, 3.05) is 31.0 Å². The number of carbonyl (C=O) groups excluding carboxylic acids is 1. The summed E-state index contributed by atoms with van der Waals surface area (Å²) in [6.07, 6.45) is 1.51. The van der Waals surface area contributed by atoms with E-state index in [1.54, 1.807) is 18.2 Å². The number of quaternary nitrogens is 1. The predicted molar refractivity (Wildman–Crippen MR) is 116 cm³/mol. The van der Waals surface area contributed by atoms with Crippen LogP contribution >= 0.6 is 0 Å². The van der Waals surface area contributed by atoms with Crippen molar-refractivity contribution in [1.82, 2.24) is 5.43 Å². The highest BCUT2D eigenvalue weighted by Crippen LogP contribution is 2.26. The van der Waals surface area contributed by atoms with Gasteiger partial charge in [0.25, 0.3) is 21.6 Å². The van der Waals surface area contributed by atoms with Crippen LogP contribution in [0.4, 0.5) is 11.4 Å². The molecule has 1 fully saturated rings. The van der Waals surface area contributed by atoms with Crippen molar-refractivity contribution in [1.29, 1.82) is 0 Å². The second-order valence-electron chi connectivity index (χ2n) is 7.27. The average Bonchev–Trinajstić information content (AvgIpc) is 2.77. The van der Waals surface area contributed by atoms with Crippen LogP contribution in [0.15, 0.2) is 64.6 Å². The van der Waals surface area contributed by atoms with Crippen LogP contribution in [-0.4, -0.2) is 51.6 Å². The maximum atomic E-state index is 13.2. The van der Waals surface area contributed by atoms with Crippen LogP contribution in [0.2, 0.25) is 0 Å². The Labute approximate surface area is 180 Å². The monoisotopic (exact) mass is 446 g/mol. The van der Waals surface area contributed by atoms with Crippen molar-refractivity contribution >= 4 is 33.0 Å². The summed E-state index contributed by atoms with van der Waals surface area (Å²) >= 11 is 0. The van der Waals surface area contributed by atoms with E-state index < -0.39 is 27.4 Å². The molecule has 1 saturated heterocycles. The number of nitrogens with one attached hydrogen (secondary N) is 2. The van der Waals surface area contributed by atoms with E-state index in [0.29, 0.717) is 0 Å². The number of likely N-dealkylation sites (tertiary alicyclic amines) is 1. The molecule has 0 radical (unpaired) electrons. The Bertz CT molecular complexity index is 1080. The molecule has 1 heterocycles. The zero-order valence-electron chi connectivity index (χ0n) is 17.0. The number of sulfonamides is 1. The second kappa shape index (κ2) is 9.67. The van der Waals surface area contributed by atoms with E-state index in [-0.39, 0.29) is 16.3 Å². The maximum absolute atomic E-state index is 13.2. The number of hydrogen-bond acceptors (Lipinski definition) is 6. The van der Waals surface area contributed by atoms with E-state index >= 15 is 0 Å². The van der Waals surface area contributed by atoms with Gasteiger partial charge in [-0.25, -0.2) is 13.8 Å². The van der Waals surface area contributed by atoms with Crippen molar-refractivity contribution in [2.45, 2.75) is 17.7 Å². The Balaban J connectivity index is 1.87. The molecule has 1 aliphatic rings. The lowest BCUT2D eigenvalue weighted by Crippen LogP contribution is -3.10. The molecule has 2 aromatic carbocycles. The topological polar surface area (TPSA) is 126 Å². The fourth-order valence-corrected chi connectivity index (χ4v) is 4.61. The molecule has 2 aromatic rings. The van der Waals surface area contributed by atoms with E-state index in [4.69, 9.17) is 0 Å². The molecular weight excluding hydrogens is 422 g/mol. The summed E-state index contributed by atoms with van der Waals surface area (Å²) in [7, 11) is -2.06. The number of nitro benzene ring substituents is 1. The third-order valence-corrected chi connectivity index (χ3v) is 6.75. The van der Waals surface area contributed by atoms with Crippen LogP contribution in [0.3, 0.4) is 0 Å². The molecule has 0 atom stereocenters. The molecule has 1 aliphatic heterocycles. The van der Waals surface area contributed by atoms with Gasteiger partial charge >= 0.3 is 0 Å². The predicted octanol–water partition coefficient (Wildman–Crippen LogP) is 0.571. The van der Waals surface area contributed by atoms with Gasteiger partial charge in [0.05, 0.1) is 35.6 Å². The largest absolute Gasteiger partial charge is 0.337 e. The molecule has 0 spiro atoms. The molecule has 31 heavy (non-hydrogen) atoms. The molecule has 0 aromatic heterocycles. The Morgan fingerprint density at radius 2 is 1.84 bits per heavy atom. The van der Waals surface area contributed by atoms with Crippen molar-refractivity contribution in [3.05, 3.63) is 64.7 Å². The zero-order valence-corrected chi connectivity index (χ0v) is 17.8. The molecule has 0 aliphatic carbocycles. The van der Waals surface area contributed by atoms with Crippen molar-refractivity contribution in [2.24, 2.45) is 5.10 Å². The number of amides is 1. The summed E-state index contributed by atoms with van der Waals surface area (Å²) in [6.45, 7) is 1.26. The number of hydrazone groups is 1. The molecule has 10 nitrogen and oxygen atoms in total. The van der Waals surface area contributed by atoms with Gasteiger partial charge in [-0.1, -0.05) is 24.3 Å². The van der Waals surface area contributed by atoms with Crippen LogP contribution in [0.5, 0.6) is 0 Å². The van der Waals surface area contributed by atoms with Gasteiger partial charge in [-0.05, 0) is 18.2 Å². The molecule has 0 unspecified atom stereocenters. The Morgan fingerprint density at radius 1 is 1.16 bits per heavy atom. The second-order valence-corrected chi connectivity index (χ2v) is 9.13. The minimum Gasteiger partial charge on any atom is -0.337 e. The molecule has 11 heteroatoms. The first-order chi connectivity index (χ1) is 14.8. The minimum absolute atomic E-state index is 0.0174. The Hall–Kier alpha value is -3.31. The van der Waals surface area contributed by atoms with Crippen LogP contribution in [-0.2, 0) is 14.8 Å². The highest BCUT2D eigenvalue weighted by Gasteiger charge is 2.28. The summed E-state index contributed by atoms with van der Waals surface area (Å²) < 4.78 is 27.3. The number of anilines is 1. The van der Waals surface area contributed by atoms with Gasteiger partial charge in [0, 0.05) is 30.7 Å².